The standard InChI is InChI=1S/C12H24N2O/c1-5-14-11(15)9-6-8(9)7-10(13)12(2,3)4/h8-10H,5-7,13H2,1-4H3,(H,14,15)/t8-,9?,10-/m1/s1. The molecule has 0 aromatic carbocycles. The van der Waals surface area contributed by atoms with E-state index in [1.54, 1.807) is 0 Å². The van der Waals surface area contributed by atoms with Crippen LogP contribution < -0.4 is 11.1 Å². The highest BCUT2D eigenvalue weighted by atomic mass is 16.2. The van der Waals surface area contributed by atoms with Gasteiger partial charge in [-0.05, 0) is 31.1 Å². The maximum absolute atomic E-state index is 11.5. The number of hydrogen-bond donors (Lipinski definition) is 2. The molecule has 0 radical (unpaired) electrons. The predicted octanol–water partition coefficient (Wildman–Crippen LogP) is 1.52. The molecule has 0 aromatic heterocycles. The van der Waals surface area contributed by atoms with Gasteiger partial charge in [0, 0.05) is 18.5 Å². The van der Waals surface area contributed by atoms with Crippen molar-refractivity contribution in [2.75, 3.05) is 6.54 Å². The number of carbonyl (C=O) groups excluding carboxylic acids is 1. The first-order valence-electron chi connectivity index (χ1n) is 5.89. The summed E-state index contributed by atoms with van der Waals surface area (Å²) in [5, 5.41) is 2.87. The second kappa shape index (κ2) is 4.52. The maximum Gasteiger partial charge on any atom is 0.223 e. The molecule has 15 heavy (non-hydrogen) atoms. The van der Waals surface area contributed by atoms with E-state index in [0.29, 0.717) is 5.92 Å². The molecule has 1 aliphatic carbocycles. The van der Waals surface area contributed by atoms with Crippen LogP contribution in [0.25, 0.3) is 0 Å². The van der Waals surface area contributed by atoms with Crippen LogP contribution in [-0.2, 0) is 4.79 Å². The van der Waals surface area contributed by atoms with Crippen LogP contribution in [0.2, 0.25) is 0 Å². The van der Waals surface area contributed by atoms with Gasteiger partial charge >= 0.3 is 0 Å². The van der Waals surface area contributed by atoms with Crippen molar-refractivity contribution in [3.63, 3.8) is 0 Å². The van der Waals surface area contributed by atoms with Crippen LogP contribution >= 0.6 is 0 Å². The SMILES string of the molecule is CCNC(=O)C1C[C@@H]1C[C@@H](N)C(C)(C)C. The van der Waals surface area contributed by atoms with Crippen molar-refractivity contribution in [3.05, 3.63) is 0 Å². The summed E-state index contributed by atoms with van der Waals surface area (Å²) < 4.78 is 0. The third-order valence-electron chi connectivity index (χ3n) is 3.28. The molecule has 3 heteroatoms. The Bertz CT molecular complexity index is 232. The lowest BCUT2D eigenvalue weighted by Crippen LogP contribution is -2.36. The van der Waals surface area contributed by atoms with Crippen LogP contribution in [0.3, 0.4) is 0 Å². The Labute approximate surface area is 92.8 Å². The van der Waals surface area contributed by atoms with Crippen molar-refractivity contribution >= 4 is 5.91 Å². The molecule has 0 bridgehead atoms. The molecular formula is C12H24N2O. The Hall–Kier alpha value is -0.570. The summed E-state index contributed by atoms with van der Waals surface area (Å²) >= 11 is 0. The smallest absolute Gasteiger partial charge is 0.223 e. The average molecular weight is 212 g/mol. The highest BCUT2D eigenvalue weighted by Crippen LogP contribution is 2.43. The van der Waals surface area contributed by atoms with Crippen molar-refractivity contribution < 1.29 is 4.79 Å². The van der Waals surface area contributed by atoms with Crippen molar-refractivity contribution in [1.29, 1.82) is 0 Å². The van der Waals surface area contributed by atoms with Gasteiger partial charge in [0.2, 0.25) is 5.91 Å². The fraction of sp³-hybridized carbons (Fsp3) is 0.917. The van der Waals surface area contributed by atoms with Crippen LogP contribution in [-0.4, -0.2) is 18.5 Å². The van der Waals surface area contributed by atoms with Gasteiger partial charge in [-0.1, -0.05) is 20.8 Å². The monoisotopic (exact) mass is 212 g/mol. The summed E-state index contributed by atoms with van der Waals surface area (Å²) in [5.41, 5.74) is 6.24. The first-order valence-corrected chi connectivity index (χ1v) is 5.89. The van der Waals surface area contributed by atoms with Crippen LogP contribution in [0, 0.1) is 17.3 Å². The van der Waals surface area contributed by atoms with Gasteiger partial charge in [0.15, 0.2) is 0 Å². The van der Waals surface area contributed by atoms with E-state index in [0.717, 1.165) is 19.4 Å². The van der Waals surface area contributed by atoms with Crippen molar-refractivity contribution in [2.24, 2.45) is 23.0 Å². The molecule has 1 fully saturated rings. The van der Waals surface area contributed by atoms with Crippen LogP contribution in [0.4, 0.5) is 0 Å². The molecule has 0 heterocycles. The van der Waals surface area contributed by atoms with Gasteiger partial charge in [-0.15, -0.1) is 0 Å². The highest BCUT2D eigenvalue weighted by molar-refractivity contribution is 5.81. The van der Waals surface area contributed by atoms with E-state index < -0.39 is 0 Å². The minimum Gasteiger partial charge on any atom is -0.356 e. The zero-order chi connectivity index (χ0) is 11.6. The fourth-order valence-electron chi connectivity index (χ4n) is 1.81. The average Bonchev–Trinajstić information content (AvgIpc) is 2.82. The lowest BCUT2D eigenvalue weighted by atomic mass is 9.84. The number of amides is 1. The zero-order valence-electron chi connectivity index (χ0n) is 10.3. The van der Waals surface area contributed by atoms with Crippen molar-refractivity contribution in [3.8, 4) is 0 Å². The van der Waals surface area contributed by atoms with E-state index in [9.17, 15) is 4.79 Å². The molecule has 1 unspecified atom stereocenters. The lowest BCUT2D eigenvalue weighted by molar-refractivity contribution is -0.122. The molecule has 0 aliphatic heterocycles. The molecule has 3 nitrogen and oxygen atoms in total. The van der Waals surface area contributed by atoms with E-state index in [1.165, 1.54) is 0 Å². The fourth-order valence-corrected chi connectivity index (χ4v) is 1.81. The third kappa shape index (κ3) is 3.49. The lowest BCUT2D eigenvalue weighted by Gasteiger charge is -2.27. The molecular weight excluding hydrogens is 188 g/mol. The van der Waals surface area contributed by atoms with Gasteiger partial charge in [-0.3, -0.25) is 4.79 Å². The van der Waals surface area contributed by atoms with Gasteiger partial charge in [0.25, 0.3) is 0 Å². The van der Waals surface area contributed by atoms with E-state index in [2.05, 4.69) is 26.1 Å². The van der Waals surface area contributed by atoms with Gasteiger partial charge in [-0.25, -0.2) is 0 Å². The van der Waals surface area contributed by atoms with Crippen LogP contribution in [0.15, 0.2) is 0 Å². The first-order chi connectivity index (χ1) is 6.86. The second-order valence-corrected chi connectivity index (χ2v) is 5.71. The van der Waals surface area contributed by atoms with E-state index in [1.807, 2.05) is 6.92 Å². The molecule has 1 saturated carbocycles. The van der Waals surface area contributed by atoms with E-state index >= 15 is 0 Å². The molecule has 0 saturated heterocycles. The molecule has 3 N–H and O–H groups in total. The minimum atomic E-state index is 0.147. The number of hydrogen-bond acceptors (Lipinski definition) is 2. The molecule has 1 rings (SSSR count). The molecule has 0 aromatic rings. The summed E-state index contributed by atoms with van der Waals surface area (Å²) in [6, 6.07) is 0.196. The van der Waals surface area contributed by atoms with Crippen LogP contribution in [0.1, 0.15) is 40.5 Å². The number of nitrogens with one attached hydrogen (secondary N) is 1. The Morgan fingerprint density at radius 2 is 2.13 bits per heavy atom. The van der Waals surface area contributed by atoms with Crippen LogP contribution in [0.5, 0.6) is 0 Å². The highest BCUT2D eigenvalue weighted by Gasteiger charge is 2.44. The minimum absolute atomic E-state index is 0.147. The molecule has 1 aliphatic rings. The van der Waals surface area contributed by atoms with Gasteiger partial charge in [0.05, 0.1) is 0 Å². The summed E-state index contributed by atoms with van der Waals surface area (Å²) in [6.07, 6.45) is 2.00. The summed E-state index contributed by atoms with van der Waals surface area (Å²) in [6.45, 7) is 9.15. The first kappa shape index (κ1) is 12.5. The number of carbonyl (C=O) groups is 1. The van der Waals surface area contributed by atoms with Crippen molar-refractivity contribution in [1.82, 2.24) is 5.32 Å². The van der Waals surface area contributed by atoms with Gasteiger partial charge < -0.3 is 11.1 Å². The third-order valence-corrected chi connectivity index (χ3v) is 3.28. The summed E-state index contributed by atoms with van der Waals surface area (Å²) in [5.74, 6) is 0.965. The second-order valence-electron chi connectivity index (χ2n) is 5.71. The Balaban J connectivity index is 2.30. The molecule has 88 valence electrons. The summed E-state index contributed by atoms with van der Waals surface area (Å²) in [4.78, 5) is 11.5. The molecule has 3 atom stereocenters. The molecule has 1 amide bonds. The summed E-state index contributed by atoms with van der Waals surface area (Å²) in [7, 11) is 0. The van der Waals surface area contributed by atoms with E-state index in [4.69, 9.17) is 5.73 Å². The topological polar surface area (TPSA) is 55.1 Å². The predicted molar refractivity (Wildman–Crippen MR) is 62.3 cm³/mol. The molecule has 0 spiro atoms. The Kier molecular flexibility index (Phi) is 3.77. The Morgan fingerprint density at radius 1 is 1.53 bits per heavy atom. The van der Waals surface area contributed by atoms with E-state index in [-0.39, 0.29) is 23.3 Å². The zero-order valence-corrected chi connectivity index (χ0v) is 10.3. The largest absolute Gasteiger partial charge is 0.356 e. The van der Waals surface area contributed by atoms with Gasteiger partial charge in [-0.2, -0.15) is 0 Å². The maximum atomic E-state index is 11.5. The number of rotatable bonds is 4. The van der Waals surface area contributed by atoms with Gasteiger partial charge in [0.1, 0.15) is 0 Å². The Morgan fingerprint density at radius 3 is 2.60 bits per heavy atom. The normalized spacial score (nSPS) is 27.3. The quantitative estimate of drug-likeness (QED) is 0.742. The van der Waals surface area contributed by atoms with Crippen molar-refractivity contribution in [2.45, 2.75) is 46.6 Å². The number of nitrogens with two attached hydrogens (primary N) is 1.